The van der Waals surface area contributed by atoms with E-state index < -0.39 is 0 Å². The van der Waals surface area contributed by atoms with Crippen LogP contribution in [0.15, 0.2) is 30.3 Å². The maximum atomic E-state index is 6.38. The third-order valence-electron chi connectivity index (χ3n) is 4.56. The first-order valence-electron chi connectivity index (χ1n) is 7.00. The molecule has 0 heterocycles. The van der Waals surface area contributed by atoms with E-state index in [1.165, 1.54) is 18.4 Å². The lowest BCUT2D eigenvalue weighted by atomic mass is 9.87. The van der Waals surface area contributed by atoms with E-state index in [4.69, 9.17) is 5.73 Å². The van der Waals surface area contributed by atoms with Crippen molar-refractivity contribution in [1.29, 1.82) is 0 Å². The summed E-state index contributed by atoms with van der Waals surface area (Å²) in [6.45, 7) is 5.68. The first-order chi connectivity index (χ1) is 8.50. The van der Waals surface area contributed by atoms with Gasteiger partial charge in [0.15, 0.2) is 0 Å². The van der Waals surface area contributed by atoms with E-state index in [9.17, 15) is 0 Å². The average Bonchev–Trinajstić information content (AvgIpc) is 2.63. The molecule has 0 aromatic heterocycles. The Morgan fingerprint density at radius 1 is 1.28 bits per heavy atom. The van der Waals surface area contributed by atoms with Gasteiger partial charge >= 0.3 is 0 Å². The van der Waals surface area contributed by atoms with E-state index >= 15 is 0 Å². The molecular weight excluding hydrogens is 220 g/mol. The Hall–Kier alpha value is -0.860. The number of rotatable bonds is 4. The van der Waals surface area contributed by atoms with Crippen LogP contribution in [-0.2, 0) is 6.42 Å². The third kappa shape index (κ3) is 2.93. The summed E-state index contributed by atoms with van der Waals surface area (Å²) < 4.78 is 0. The van der Waals surface area contributed by atoms with E-state index in [0.29, 0.717) is 17.5 Å². The number of hydrogen-bond acceptors (Lipinski definition) is 2. The molecule has 0 amide bonds. The van der Waals surface area contributed by atoms with Crippen molar-refractivity contribution >= 4 is 0 Å². The highest BCUT2D eigenvalue weighted by molar-refractivity contribution is 5.15. The molecule has 1 aliphatic rings. The van der Waals surface area contributed by atoms with Gasteiger partial charge in [0, 0.05) is 18.6 Å². The van der Waals surface area contributed by atoms with Gasteiger partial charge in [-0.25, -0.2) is 0 Å². The van der Waals surface area contributed by atoms with Crippen molar-refractivity contribution in [3.63, 3.8) is 0 Å². The van der Waals surface area contributed by atoms with Crippen molar-refractivity contribution in [2.24, 2.45) is 11.1 Å². The van der Waals surface area contributed by atoms with Crippen molar-refractivity contribution < 1.29 is 0 Å². The van der Waals surface area contributed by atoms with Gasteiger partial charge in [-0.3, -0.25) is 0 Å². The molecule has 2 atom stereocenters. The zero-order valence-corrected chi connectivity index (χ0v) is 11.9. The van der Waals surface area contributed by atoms with Gasteiger partial charge in [0.05, 0.1) is 0 Å². The molecule has 0 radical (unpaired) electrons. The molecule has 0 aliphatic heterocycles. The van der Waals surface area contributed by atoms with Crippen LogP contribution in [-0.4, -0.2) is 30.6 Å². The minimum Gasteiger partial charge on any atom is -0.326 e. The van der Waals surface area contributed by atoms with Gasteiger partial charge in [-0.15, -0.1) is 0 Å². The Balaban J connectivity index is 1.88. The van der Waals surface area contributed by atoms with E-state index in [1.54, 1.807) is 0 Å². The largest absolute Gasteiger partial charge is 0.326 e. The number of hydrogen-bond donors (Lipinski definition) is 1. The minimum atomic E-state index is 0.297. The first-order valence-corrected chi connectivity index (χ1v) is 7.00. The lowest BCUT2D eigenvalue weighted by molar-refractivity contribution is 0.200. The summed E-state index contributed by atoms with van der Waals surface area (Å²) >= 11 is 0. The zero-order chi connectivity index (χ0) is 13.2. The third-order valence-corrected chi connectivity index (χ3v) is 4.56. The summed E-state index contributed by atoms with van der Waals surface area (Å²) in [5, 5.41) is 0. The number of nitrogens with zero attached hydrogens (tertiary/aromatic N) is 1. The van der Waals surface area contributed by atoms with Crippen LogP contribution in [0.2, 0.25) is 0 Å². The molecule has 2 nitrogen and oxygen atoms in total. The van der Waals surface area contributed by atoms with E-state index in [2.05, 4.69) is 56.1 Å². The molecule has 0 saturated heterocycles. The van der Waals surface area contributed by atoms with Gasteiger partial charge in [0.2, 0.25) is 0 Å². The standard InChI is InChI=1S/C16H26N2/c1-16(2)11-9-14(15(16)17)18(3)12-10-13-7-5-4-6-8-13/h4-8,14-15H,9-12,17H2,1-3H3. The molecule has 100 valence electrons. The van der Waals surface area contributed by atoms with Gasteiger partial charge in [0.1, 0.15) is 0 Å². The van der Waals surface area contributed by atoms with Crippen molar-refractivity contribution in [1.82, 2.24) is 4.90 Å². The van der Waals surface area contributed by atoms with Gasteiger partial charge < -0.3 is 10.6 Å². The van der Waals surface area contributed by atoms with Crippen LogP contribution in [0.4, 0.5) is 0 Å². The van der Waals surface area contributed by atoms with E-state index in [1.807, 2.05) is 0 Å². The van der Waals surface area contributed by atoms with Gasteiger partial charge in [0.25, 0.3) is 0 Å². The molecular formula is C16H26N2. The Morgan fingerprint density at radius 2 is 1.94 bits per heavy atom. The highest BCUT2D eigenvalue weighted by atomic mass is 15.2. The SMILES string of the molecule is CN(CCc1ccccc1)C1CCC(C)(C)C1N. The number of likely N-dealkylation sites (N-methyl/N-ethyl adjacent to an activating group) is 1. The molecule has 0 spiro atoms. The Labute approximate surface area is 111 Å². The summed E-state index contributed by atoms with van der Waals surface area (Å²) in [5.41, 5.74) is 8.09. The molecule has 0 bridgehead atoms. The molecule has 1 fully saturated rings. The second kappa shape index (κ2) is 5.41. The van der Waals surface area contributed by atoms with Gasteiger partial charge in [-0.2, -0.15) is 0 Å². The van der Waals surface area contributed by atoms with E-state index in [0.717, 1.165) is 13.0 Å². The van der Waals surface area contributed by atoms with Crippen molar-refractivity contribution in [3.05, 3.63) is 35.9 Å². The summed E-state index contributed by atoms with van der Waals surface area (Å²) in [6, 6.07) is 11.5. The second-order valence-corrected chi connectivity index (χ2v) is 6.34. The summed E-state index contributed by atoms with van der Waals surface area (Å²) in [4.78, 5) is 2.45. The average molecular weight is 246 g/mol. The quantitative estimate of drug-likeness (QED) is 0.885. The van der Waals surface area contributed by atoms with Crippen LogP contribution in [0.5, 0.6) is 0 Å². The molecule has 1 aromatic carbocycles. The van der Waals surface area contributed by atoms with Gasteiger partial charge in [-0.1, -0.05) is 44.2 Å². The van der Waals surface area contributed by atoms with Crippen molar-refractivity contribution in [2.75, 3.05) is 13.6 Å². The summed E-state index contributed by atoms with van der Waals surface area (Å²) in [6.07, 6.45) is 3.59. The van der Waals surface area contributed by atoms with Crippen LogP contribution >= 0.6 is 0 Å². The van der Waals surface area contributed by atoms with Crippen molar-refractivity contribution in [2.45, 2.75) is 45.2 Å². The lowest BCUT2D eigenvalue weighted by Gasteiger charge is -2.32. The van der Waals surface area contributed by atoms with Crippen LogP contribution in [0.1, 0.15) is 32.3 Å². The highest BCUT2D eigenvalue weighted by Crippen LogP contribution is 2.38. The monoisotopic (exact) mass is 246 g/mol. The predicted octanol–water partition coefficient (Wildman–Crippen LogP) is 2.68. The maximum absolute atomic E-state index is 6.38. The van der Waals surface area contributed by atoms with Crippen LogP contribution < -0.4 is 5.73 Å². The molecule has 18 heavy (non-hydrogen) atoms. The second-order valence-electron chi connectivity index (χ2n) is 6.34. The Bertz CT molecular complexity index is 372. The molecule has 2 heteroatoms. The zero-order valence-electron chi connectivity index (χ0n) is 11.9. The number of nitrogens with two attached hydrogens (primary N) is 1. The maximum Gasteiger partial charge on any atom is 0.0249 e. The van der Waals surface area contributed by atoms with Crippen molar-refractivity contribution in [3.8, 4) is 0 Å². The van der Waals surface area contributed by atoms with Crippen LogP contribution in [0, 0.1) is 5.41 Å². The Morgan fingerprint density at radius 3 is 2.50 bits per heavy atom. The fraction of sp³-hybridized carbons (Fsp3) is 0.625. The minimum absolute atomic E-state index is 0.297. The molecule has 1 aliphatic carbocycles. The van der Waals surface area contributed by atoms with Crippen LogP contribution in [0.3, 0.4) is 0 Å². The molecule has 2 N–H and O–H groups in total. The fourth-order valence-electron chi connectivity index (χ4n) is 3.00. The lowest BCUT2D eigenvalue weighted by Crippen LogP contribution is -2.48. The smallest absolute Gasteiger partial charge is 0.0249 e. The topological polar surface area (TPSA) is 29.3 Å². The molecule has 2 rings (SSSR count). The highest BCUT2D eigenvalue weighted by Gasteiger charge is 2.40. The van der Waals surface area contributed by atoms with Gasteiger partial charge in [-0.05, 0) is 37.3 Å². The molecule has 2 unspecified atom stereocenters. The normalized spacial score (nSPS) is 26.7. The fourth-order valence-corrected chi connectivity index (χ4v) is 3.00. The molecule has 1 saturated carbocycles. The first kappa shape index (κ1) is 13.6. The Kier molecular flexibility index (Phi) is 4.08. The predicted molar refractivity (Wildman–Crippen MR) is 77.6 cm³/mol. The van der Waals surface area contributed by atoms with E-state index in [-0.39, 0.29) is 0 Å². The molecule has 1 aromatic rings. The number of benzene rings is 1. The summed E-state index contributed by atoms with van der Waals surface area (Å²) in [7, 11) is 2.22. The van der Waals surface area contributed by atoms with Crippen LogP contribution in [0.25, 0.3) is 0 Å². The summed E-state index contributed by atoms with van der Waals surface area (Å²) in [5.74, 6) is 0.